The SMILES string of the molecule is CCn1c(C(C)C)c(N)c(=O)n1-c1ccc(C)cc1C. The van der Waals surface area contributed by atoms with E-state index in [-0.39, 0.29) is 11.5 Å². The van der Waals surface area contributed by atoms with E-state index in [4.69, 9.17) is 5.73 Å². The fourth-order valence-electron chi connectivity index (χ4n) is 2.78. The third-order valence-electron chi connectivity index (χ3n) is 3.65. The maximum atomic E-state index is 12.5. The van der Waals surface area contributed by atoms with Gasteiger partial charge in [-0.2, -0.15) is 0 Å². The normalized spacial score (nSPS) is 11.3. The van der Waals surface area contributed by atoms with E-state index in [1.165, 1.54) is 5.56 Å². The molecule has 20 heavy (non-hydrogen) atoms. The van der Waals surface area contributed by atoms with Crippen LogP contribution in [0.1, 0.15) is 43.5 Å². The van der Waals surface area contributed by atoms with Gasteiger partial charge in [0.25, 0.3) is 5.56 Å². The number of anilines is 1. The fourth-order valence-corrected chi connectivity index (χ4v) is 2.78. The maximum Gasteiger partial charge on any atom is 0.294 e. The molecule has 1 aromatic carbocycles. The minimum absolute atomic E-state index is 0.123. The highest BCUT2D eigenvalue weighted by Crippen LogP contribution is 2.23. The van der Waals surface area contributed by atoms with Crippen LogP contribution in [-0.2, 0) is 6.54 Å². The van der Waals surface area contributed by atoms with Crippen LogP contribution in [0.4, 0.5) is 5.69 Å². The first-order chi connectivity index (χ1) is 9.38. The molecule has 0 atom stereocenters. The predicted molar refractivity (Wildman–Crippen MR) is 83.7 cm³/mol. The van der Waals surface area contributed by atoms with Crippen molar-refractivity contribution < 1.29 is 0 Å². The fraction of sp³-hybridized carbons (Fsp3) is 0.438. The lowest BCUT2D eigenvalue weighted by atomic mass is 10.1. The number of nitrogen functional groups attached to an aromatic ring is 1. The van der Waals surface area contributed by atoms with Gasteiger partial charge in [-0.05, 0) is 38.3 Å². The number of hydrogen-bond acceptors (Lipinski definition) is 2. The van der Waals surface area contributed by atoms with Crippen LogP contribution in [0.5, 0.6) is 0 Å². The van der Waals surface area contributed by atoms with Gasteiger partial charge in [-0.1, -0.05) is 31.5 Å². The number of rotatable bonds is 3. The molecular formula is C16H23N3O. The summed E-state index contributed by atoms with van der Waals surface area (Å²) in [6.45, 7) is 10.9. The molecule has 0 aliphatic rings. The first kappa shape index (κ1) is 14.4. The first-order valence-electron chi connectivity index (χ1n) is 7.07. The Morgan fingerprint density at radius 2 is 1.90 bits per heavy atom. The Labute approximate surface area is 119 Å². The van der Waals surface area contributed by atoms with Crippen LogP contribution in [-0.4, -0.2) is 9.36 Å². The molecule has 0 amide bonds. The largest absolute Gasteiger partial charge is 0.393 e. The minimum Gasteiger partial charge on any atom is -0.393 e. The highest BCUT2D eigenvalue weighted by molar-refractivity contribution is 5.49. The van der Waals surface area contributed by atoms with E-state index >= 15 is 0 Å². The summed E-state index contributed by atoms with van der Waals surface area (Å²) >= 11 is 0. The van der Waals surface area contributed by atoms with Crippen molar-refractivity contribution in [2.24, 2.45) is 0 Å². The summed E-state index contributed by atoms with van der Waals surface area (Å²) in [5.74, 6) is 0.217. The van der Waals surface area contributed by atoms with E-state index < -0.39 is 0 Å². The van der Waals surface area contributed by atoms with Gasteiger partial charge in [-0.25, -0.2) is 4.68 Å². The molecule has 4 nitrogen and oxygen atoms in total. The van der Waals surface area contributed by atoms with Gasteiger partial charge in [-0.15, -0.1) is 0 Å². The summed E-state index contributed by atoms with van der Waals surface area (Å²) in [6.07, 6.45) is 0. The van der Waals surface area contributed by atoms with Crippen molar-refractivity contribution in [3.63, 3.8) is 0 Å². The zero-order chi connectivity index (χ0) is 15.0. The molecule has 0 spiro atoms. The number of aromatic nitrogens is 2. The average Bonchev–Trinajstić information content (AvgIpc) is 2.62. The molecule has 0 unspecified atom stereocenters. The van der Waals surface area contributed by atoms with E-state index in [0.717, 1.165) is 16.9 Å². The number of nitrogens with zero attached hydrogens (tertiary/aromatic N) is 2. The van der Waals surface area contributed by atoms with Gasteiger partial charge in [0.1, 0.15) is 5.69 Å². The molecule has 1 heterocycles. The van der Waals surface area contributed by atoms with Crippen LogP contribution in [0.25, 0.3) is 5.69 Å². The van der Waals surface area contributed by atoms with E-state index in [1.807, 2.05) is 37.6 Å². The van der Waals surface area contributed by atoms with Crippen LogP contribution in [0, 0.1) is 13.8 Å². The van der Waals surface area contributed by atoms with Crippen molar-refractivity contribution in [3.05, 3.63) is 45.4 Å². The molecule has 0 saturated heterocycles. The monoisotopic (exact) mass is 273 g/mol. The van der Waals surface area contributed by atoms with Gasteiger partial charge in [0.15, 0.2) is 0 Å². The Morgan fingerprint density at radius 1 is 1.25 bits per heavy atom. The van der Waals surface area contributed by atoms with Crippen molar-refractivity contribution in [3.8, 4) is 5.69 Å². The lowest BCUT2D eigenvalue weighted by Gasteiger charge is -2.16. The van der Waals surface area contributed by atoms with Gasteiger partial charge in [0, 0.05) is 6.54 Å². The van der Waals surface area contributed by atoms with Crippen molar-refractivity contribution in [2.75, 3.05) is 5.73 Å². The molecule has 0 bridgehead atoms. The van der Waals surface area contributed by atoms with E-state index in [1.54, 1.807) is 4.68 Å². The summed E-state index contributed by atoms with van der Waals surface area (Å²) in [6, 6.07) is 6.09. The number of nitrogens with two attached hydrogens (primary N) is 1. The summed E-state index contributed by atoms with van der Waals surface area (Å²) in [4.78, 5) is 12.5. The first-order valence-corrected chi connectivity index (χ1v) is 7.07. The molecule has 1 aromatic heterocycles. The second-order valence-corrected chi connectivity index (χ2v) is 5.58. The molecular weight excluding hydrogens is 250 g/mol. The molecule has 108 valence electrons. The highest BCUT2D eigenvalue weighted by atomic mass is 16.1. The molecule has 0 fully saturated rings. The quantitative estimate of drug-likeness (QED) is 0.934. The Kier molecular flexibility index (Phi) is 3.75. The van der Waals surface area contributed by atoms with E-state index in [2.05, 4.69) is 19.9 Å². The highest BCUT2D eigenvalue weighted by Gasteiger charge is 2.20. The van der Waals surface area contributed by atoms with Crippen molar-refractivity contribution in [1.29, 1.82) is 0 Å². The minimum atomic E-state index is -0.123. The van der Waals surface area contributed by atoms with Gasteiger partial charge in [0.2, 0.25) is 0 Å². The zero-order valence-electron chi connectivity index (χ0n) is 12.9. The standard InChI is InChI=1S/C16H23N3O/c1-6-18-15(10(2)3)14(17)16(20)19(18)13-8-7-11(4)9-12(13)5/h7-10H,6,17H2,1-5H3. The molecule has 0 saturated carbocycles. The summed E-state index contributed by atoms with van der Waals surface area (Å²) in [5.41, 5.74) is 10.4. The molecule has 4 heteroatoms. The number of hydrogen-bond donors (Lipinski definition) is 1. The molecule has 0 radical (unpaired) electrons. The maximum absolute atomic E-state index is 12.5. The second-order valence-electron chi connectivity index (χ2n) is 5.58. The van der Waals surface area contributed by atoms with E-state index in [9.17, 15) is 4.79 Å². The summed E-state index contributed by atoms with van der Waals surface area (Å²) < 4.78 is 3.69. The van der Waals surface area contributed by atoms with E-state index in [0.29, 0.717) is 12.2 Å². The van der Waals surface area contributed by atoms with Crippen molar-refractivity contribution >= 4 is 5.69 Å². The van der Waals surface area contributed by atoms with Crippen LogP contribution in [0.2, 0.25) is 0 Å². The average molecular weight is 273 g/mol. The van der Waals surface area contributed by atoms with Gasteiger partial charge >= 0.3 is 0 Å². The molecule has 0 aliphatic carbocycles. The Balaban J connectivity index is 2.81. The van der Waals surface area contributed by atoms with Crippen LogP contribution in [0.15, 0.2) is 23.0 Å². The molecule has 2 rings (SSSR count). The van der Waals surface area contributed by atoms with Gasteiger partial charge in [-0.3, -0.25) is 9.48 Å². The van der Waals surface area contributed by atoms with Crippen molar-refractivity contribution in [1.82, 2.24) is 9.36 Å². The smallest absolute Gasteiger partial charge is 0.294 e. The van der Waals surface area contributed by atoms with Crippen LogP contribution < -0.4 is 11.3 Å². The third-order valence-corrected chi connectivity index (χ3v) is 3.65. The zero-order valence-corrected chi connectivity index (χ0v) is 12.9. The Bertz CT molecular complexity index is 692. The van der Waals surface area contributed by atoms with Crippen LogP contribution in [0.3, 0.4) is 0 Å². The van der Waals surface area contributed by atoms with Crippen LogP contribution >= 0.6 is 0 Å². The van der Waals surface area contributed by atoms with Gasteiger partial charge in [0.05, 0.1) is 11.4 Å². The predicted octanol–water partition coefficient (Wildman–Crippen LogP) is 2.98. The van der Waals surface area contributed by atoms with Gasteiger partial charge < -0.3 is 5.73 Å². The molecule has 2 aromatic rings. The lowest BCUT2D eigenvalue weighted by molar-refractivity contribution is 0.533. The Hall–Kier alpha value is -1.97. The Morgan fingerprint density at radius 3 is 2.40 bits per heavy atom. The molecule has 2 N–H and O–H groups in total. The number of benzene rings is 1. The summed E-state index contributed by atoms with van der Waals surface area (Å²) in [7, 11) is 0. The topological polar surface area (TPSA) is 52.9 Å². The molecule has 0 aliphatic heterocycles. The lowest BCUT2D eigenvalue weighted by Crippen LogP contribution is -2.23. The number of aryl methyl sites for hydroxylation is 2. The second kappa shape index (κ2) is 5.19. The van der Waals surface area contributed by atoms with Crippen molar-refractivity contribution in [2.45, 2.75) is 47.1 Å². The summed E-state index contributed by atoms with van der Waals surface area (Å²) in [5, 5.41) is 0. The third kappa shape index (κ3) is 2.15.